The van der Waals surface area contributed by atoms with Gasteiger partial charge in [0, 0.05) is 5.69 Å². The van der Waals surface area contributed by atoms with Crippen molar-refractivity contribution < 1.29 is 9.53 Å². The maximum Gasteiger partial charge on any atom is 0.417 e. The standard InChI is InChI=1S/C14H14N2O2/c1-10-8-9-13(11(2)15-10)16-14(17)18-12-6-4-3-5-7-12/h3-9H,1-2H3,(H,16,17). The SMILES string of the molecule is Cc1ccc(NC(=O)Oc2ccccc2)c(C)n1. The average molecular weight is 242 g/mol. The lowest BCUT2D eigenvalue weighted by Gasteiger charge is -2.08. The Balaban J connectivity index is 2.03. The molecule has 0 atom stereocenters. The first-order chi connectivity index (χ1) is 8.65. The Morgan fingerprint density at radius 1 is 1.11 bits per heavy atom. The number of nitrogens with zero attached hydrogens (tertiary/aromatic N) is 1. The first-order valence-corrected chi connectivity index (χ1v) is 5.63. The van der Waals surface area contributed by atoms with Crippen molar-refractivity contribution in [2.45, 2.75) is 13.8 Å². The number of anilines is 1. The Morgan fingerprint density at radius 3 is 2.50 bits per heavy atom. The third kappa shape index (κ3) is 3.07. The number of hydrogen-bond acceptors (Lipinski definition) is 3. The molecule has 1 heterocycles. The number of ether oxygens (including phenoxy) is 1. The van der Waals surface area contributed by atoms with Crippen LogP contribution in [0.5, 0.6) is 5.75 Å². The van der Waals surface area contributed by atoms with Crippen molar-refractivity contribution in [3.63, 3.8) is 0 Å². The van der Waals surface area contributed by atoms with E-state index < -0.39 is 6.09 Å². The van der Waals surface area contributed by atoms with Crippen molar-refractivity contribution in [2.75, 3.05) is 5.32 Å². The number of pyridine rings is 1. The molecule has 0 spiro atoms. The summed E-state index contributed by atoms with van der Waals surface area (Å²) < 4.78 is 5.13. The molecule has 2 rings (SSSR count). The molecular formula is C14H14N2O2. The van der Waals surface area contributed by atoms with Gasteiger partial charge in [-0.15, -0.1) is 0 Å². The van der Waals surface area contributed by atoms with Crippen LogP contribution in [0.3, 0.4) is 0 Å². The van der Waals surface area contributed by atoms with Gasteiger partial charge in [0.25, 0.3) is 0 Å². The van der Waals surface area contributed by atoms with E-state index >= 15 is 0 Å². The van der Waals surface area contributed by atoms with Gasteiger partial charge in [0.2, 0.25) is 0 Å². The summed E-state index contributed by atoms with van der Waals surface area (Å²) in [4.78, 5) is 15.9. The number of aromatic nitrogens is 1. The average Bonchev–Trinajstić information content (AvgIpc) is 2.34. The zero-order valence-corrected chi connectivity index (χ0v) is 10.3. The van der Waals surface area contributed by atoms with Gasteiger partial charge in [-0.05, 0) is 38.1 Å². The van der Waals surface area contributed by atoms with Crippen LogP contribution in [-0.2, 0) is 0 Å². The van der Waals surface area contributed by atoms with E-state index in [0.29, 0.717) is 11.4 Å². The van der Waals surface area contributed by atoms with Crippen LogP contribution < -0.4 is 10.1 Å². The molecule has 0 unspecified atom stereocenters. The highest BCUT2D eigenvalue weighted by molar-refractivity contribution is 5.86. The largest absolute Gasteiger partial charge is 0.417 e. The monoisotopic (exact) mass is 242 g/mol. The minimum atomic E-state index is -0.519. The number of hydrogen-bond donors (Lipinski definition) is 1. The van der Waals surface area contributed by atoms with Gasteiger partial charge in [-0.1, -0.05) is 18.2 Å². The molecule has 4 nitrogen and oxygen atoms in total. The van der Waals surface area contributed by atoms with Crippen LogP contribution in [0.4, 0.5) is 10.5 Å². The fourth-order valence-electron chi connectivity index (χ4n) is 1.55. The maximum atomic E-state index is 11.7. The summed E-state index contributed by atoms with van der Waals surface area (Å²) >= 11 is 0. The van der Waals surface area contributed by atoms with Crippen LogP contribution in [0, 0.1) is 13.8 Å². The Labute approximate surface area is 106 Å². The Morgan fingerprint density at radius 2 is 1.83 bits per heavy atom. The van der Waals surface area contributed by atoms with Gasteiger partial charge in [0.1, 0.15) is 5.75 Å². The normalized spacial score (nSPS) is 9.89. The third-order valence-electron chi connectivity index (χ3n) is 2.42. The van der Waals surface area contributed by atoms with Gasteiger partial charge in [-0.25, -0.2) is 4.79 Å². The second-order valence-corrected chi connectivity index (χ2v) is 3.91. The third-order valence-corrected chi connectivity index (χ3v) is 2.42. The number of para-hydroxylation sites is 1. The predicted molar refractivity (Wildman–Crippen MR) is 69.8 cm³/mol. The van der Waals surface area contributed by atoms with Gasteiger partial charge >= 0.3 is 6.09 Å². The molecule has 0 aliphatic rings. The van der Waals surface area contributed by atoms with Crippen molar-refractivity contribution in [2.24, 2.45) is 0 Å². The van der Waals surface area contributed by atoms with E-state index in [1.54, 1.807) is 24.3 Å². The Hall–Kier alpha value is -2.36. The molecular weight excluding hydrogens is 228 g/mol. The maximum absolute atomic E-state index is 11.7. The summed E-state index contributed by atoms with van der Waals surface area (Å²) in [5.41, 5.74) is 2.33. The molecule has 1 amide bonds. The summed E-state index contributed by atoms with van der Waals surface area (Å²) in [5, 5.41) is 2.66. The first kappa shape index (κ1) is 12.1. The minimum Gasteiger partial charge on any atom is -0.410 e. The van der Waals surface area contributed by atoms with Crippen LogP contribution in [0.1, 0.15) is 11.4 Å². The summed E-state index contributed by atoms with van der Waals surface area (Å²) in [7, 11) is 0. The number of carbonyl (C=O) groups excluding carboxylic acids is 1. The van der Waals surface area contributed by atoms with Crippen molar-refractivity contribution >= 4 is 11.8 Å². The molecule has 0 fully saturated rings. The smallest absolute Gasteiger partial charge is 0.410 e. The molecule has 0 saturated heterocycles. The van der Waals surface area contributed by atoms with Gasteiger partial charge in [-0.3, -0.25) is 10.3 Å². The highest BCUT2D eigenvalue weighted by Gasteiger charge is 2.07. The second-order valence-electron chi connectivity index (χ2n) is 3.91. The number of carbonyl (C=O) groups is 1. The van der Waals surface area contributed by atoms with E-state index in [9.17, 15) is 4.79 Å². The number of amides is 1. The number of rotatable bonds is 2. The number of aryl methyl sites for hydroxylation is 2. The van der Waals surface area contributed by atoms with E-state index in [0.717, 1.165) is 11.4 Å². The van der Waals surface area contributed by atoms with E-state index in [1.165, 1.54) is 0 Å². The van der Waals surface area contributed by atoms with Crippen molar-refractivity contribution in [1.29, 1.82) is 0 Å². The highest BCUT2D eigenvalue weighted by Crippen LogP contribution is 2.14. The predicted octanol–water partition coefficient (Wildman–Crippen LogP) is 3.31. The zero-order valence-electron chi connectivity index (χ0n) is 10.3. The molecule has 0 aliphatic heterocycles. The van der Waals surface area contributed by atoms with E-state index in [-0.39, 0.29) is 0 Å². The van der Waals surface area contributed by atoms with Crippen molar-refractivity contribution in [1.82, 2.24) is 4.98 Å². The minimum absolute atomic E-state index is 0.507. The van der Waals surface area contributed by atoms with Crippen LogP contribution >= 0.6 is 0 Å². The molecule has 0 saturated carbocycles. The molecule has 2 aromatic rings. The molecule has 1 aromatic carbocycles. The van der Waals surface area contributed by atoms with E-state index in [4.69, 9.17) is 4.74 Å². The molecule has 0 bridgehead atoms. The summed E-state index contributed by atoms with van der Waals surface area (Å²) in [6.07, 6.45) is -0.519. The number of nitrogens with one attached hydrogen (secondary N) is 1. The lowest BCUT2D eigenvalue weighted by Crippen LogP contribution is -2.17. The summed E-state index contributed by atoms with van der Waals surface area (Å²) in [6.45, 7) is 3.74. The van der Waals surface area contributed by atoms with Crippen LogP contribution in [0.2, 0.25) is 0 Å². The number of benzene rings is 1. The quantitative estimate of drug-likeness (QED) is 0.879. The highest BCUT2D eigenvalue weighted by atomic mass is 16.6. The Bertz CT molecular complexity index is 553. The zero-order chi connectivity index (χ0) is 13.0. The molecule has 4 heteroatoms. The van der Waals surface area contributed by atoms with Gasteiger partial charge < -0.3 is 4.74 Å². The van der Waals surface area contributed by atoms with Crippen molar-refractivity contribution in [3.8, 4) is 5.75 Å². The van der Waals surface area contributed by atoms with Crippen molar-refractivity contribution in [3.05, 3.63) is 53.9 Å². The Kier molecular flexibility index (Phi) is 3.57. The van der Waals surface area contributed by atoms with E-state index in [1.807, 2.05) is 32.0 Å². The molecule has 1 aromatic heterocycles. The molecule has 0 aliphatic carbocycles. The summed E-state index contributed by atoms with van der Waals surface area (Å²) in [5.74, 6) is 0.507. The lowest BCUT2D eigenvalue weighted by atomic mass is 10.3. The molecule has 1 N–H and O–H groups in total. The van der Waals surface area contributed by atoms with Crippen LogP contribution in [0.15, 0.2) is 42.5 Å². The topological polar surface area (TPSA) is 51.2 Å². The second kappa shape index (κ2) is 5.31. The molecule has 92 valence electrons. The van der Waals surface area contributed by atoms with E-state index in [2.05, 4.69) is 10.3 Å². The molecule has 0 radical (unpaired) electrons. The van der Waals surface area contributed by atoms with Crippen LogP contribution in [-0.4, -0.2) is 11.1 Å². The lowest BCUT2D eigenvalue weighted by molar-refractivity contribution is 0.215. The van der Waals surface area contributed by atoms with Gasteiger partial charge in [0.15, 0.2) is 0 Å². The fraction of sp³-hybridized carbons (Fsp3) is 0.143. The summed E-state index contributed by atoms with van der Waals surface area (Å²) in [6, 6.07) is 12.6. The van der Waals surface area contributed by atoms with Crippen LogP contribution in [0.25, 0.3) is 0 Å². The van der Waals surface area contributed by atoms with Gasteiger partial charge in [0.05, 0.1) is 11.4 Å². The van der Waals surface area contributed by atoms with Gasteiger partial charge in [-0.2, -0.15) is 0 Å². The fourth-order valence-corrected chi connectivity index (χ4v) is 1.55. The first-order valence-electron chi connectivity index (χ1n) is 5.63. The molecule has 18 heavy (non-hydrogen) atoms.